The number of carbonyl (C=O) groups is 10. The standard InChI is InChI=1S/C78H88ClN11O20/c1-34(2)20-50(80-7)69(98)89-64-66(95)39-9-16-54(35(3)21-39)108-56-29-43-30-57(68(56)97)109-55-17-10-40(28-49(55)79)67(96)65-75(104)88-63(73(102)85-60-41-23-36-22-37(25-41)26-42(60)24-36)48-31-45(91)32-53(93)59(48)47-27-38(8-15-52(47)92)61(71(100)90-65)87-72(101)62(43)86-70(99)51(83-74(64)103)33-58(94)84-76(105)82-44-11-13-46(14-12-44)107-19-18-81-77(106)110-78(4,5)6/h8-17,21,27-32,34,36-37,41-42,50-51,60-67,80,91-93,95-97H,18-20,22-26,33H2,1-7H3,(H,81,106)(H,83,103)(H,85,102)(H,86,99)(H,87,101)(H,88,104)(H,89,98)(H,90,100)(H2,82,84,94,105)/t36?,37?,41?,42?,50-,51+,60?,61-,62-,63+,64-,65+,66-,67-/m1/s1. The molecule has 0 saturated heterocycles. The molecule has 4 fully saturated rings. The van der Waals surface area contributed by atoms with Gasteiger partial charge in [0.1, 0.15) is 95.2 Å². The number of amides is 11. The Morgan fingerprint density at radius 2 is 1.27 bits per heavy atom. The SMILES string of the molecule is CN[C@H](CC(C)C)C(=O)N[C@H]1C(=O)N[C@@H](CC(=O)NC(=O)Nc2ccc(OCCNC(=O)OC(C)(C)C)cc2)C(=O)N[C@H]2C(=O)N[C@H]3C(=O)N[C@H](C(=O)N[C@H](C(=O)NC4C5CC6CC(C5)CC4C6)c4cc(O)cc(O)c4-c4cc3ccc4O)[C@H](O)c3ccc(c(Cl)c3)Oc3cc2cc(c3O)Oc2ccc(cc2C)[C@H]1O. The van der Waals surface area contributed by atoms with Crippen molar-refractivity contribution in [1.82, 2.24) is 53.2 Å². The van der Waals surface area contributed by atoms with E-state index in [1.165, 1.54) is 79.8 Å². The number of carbonyl (C=O) groups excluding carboxylic acids is 10. The molecule has 582 valence electrons. The van der Waals surface area contributed by atoms with Gasteiger partial charge in [-0.1, -0.05) is 43.6 Å². The van der Waals surface area contributed by atoms with Crippen LogP contribution >= 0.6 is 11.6 Å². The Morgan fingerprint density at radius 3 is 1.92 bits per heavy atom. The molecular weight excluding hydrogens is 1450 g/mol. The van der Waals surface area contributed by atoms with Gasteiger partial charge in [0.2, 0.25) is 53.0 Å². The van der Waals surface area contributed by atoms with Gasteiger partial charge in [-0.25, -0.2) is 9.59 Å². The molecule has 4 saturated carbocycles. The summed E-state index contributed by atoms with van der Waals surface area (Å²) in [6, 6.07) is 6.25. The number of alkyl carbamates (subject to hydrolysis) is 1. The lowest BCUT2D eigenvalue weighted by molar-refractivity contribution is -0.138. The number of nitrogens with one attached hydrogen (secondary N) is 11. The summed E-state index contributed by atoms with van der Waals surface area (Å²) in [4.78, 5) is 148. The molecule has 0 unspecified atom stereocenters. The van der Waals surface area contributed by atoms with Crippen LogP contribution in [0.2, 0.25) is 5.02 Å². The summed E-state index contributed by atoms with van der Waals surface area (Å²) in [6.07, 6.45) is -1.06. The van der Waals surface area contributed by atoms with Crippen LogP contribution in [-0.2, 0) is 43.1 Å². The number of fused-ring (bicyclic) bond motifs is 15. The minimum Gasteiger partial charge on any atom is -0.508 e. The van der Waals surface area contributed by atoms with Crippen molar-refractivity contribution in [3.8, 4) is 62.9 Å². The van der Waals surface area contributed by atoms with Gasteiger partial charge in [0.15, 0.2) is 11.5 Å². The second-order valence-corrected chi connectivity index (χ2v) is 30.6. The number of imide groups is 1. The molecule has 31 nitrogen and oxygen atoms in total. The third-order valence-electron chi connectivity index (χ3n) is 20.5. The van der Waals surface area contributed by atoms with Crippen LogP contribution in [0.4, 0.5) is 15.3 Å². The van der Waals surface area contributed by atoms with E-state index in [0.29, 0.717) is 17.6 Å². The van der Waals surface area contributed by atoms with E-state index in [4.69, 9.17) is 30.5 Å². The van der Waals surface area contributed by atoms with Crippen molar-refractivity contribution in [2.45, 2.75) is 153 Å². The van der Waals surface area contributed by atoms with Gasteiger partial charge in [0.05, 0.1) is 24.0 Å². The molecule has 5 aliphatic heterocycles. The van der Waals surface area contributed by atoms with E-state index < -0.39 is 160 Å². The van der Waals surface area contributed by atoms with Gasteiger partial charge in [0.25, 0.3) is 0 Å². The quantitative estimate of drug-likeness (QED) is 0.0506. The monoisotopic (exact) mass is 1530 g/mol. The molecule has 9 atom stereocenters. The first-order valence-corrected chi connectivity index (χ1v) is 36.6. The molecule has 15 bridgehead atoms. The Labute approximate surface area is 636 Å². The van der Waals surface area contributed by atoms with Crippen LogP contribution < -0.4 is 72.7 Å². The highest BCUT2D eigenvalue weighted by molar-refractivity contribution is 6.32. The number of hydrogen-bond acceptors (Lipinski definition) is 21. The Hall–Kier alpha value is -11.4. The van der Waals surface area contributed by atoms with Crippen LogP contribution in [0.5, 0.6) is 51.7 Å². The fraction of sp³-hybridized carbons (Fsp3) is 0.410. The fourth-order valence-corrected chi connectivity index (χ4v) is 15.8. The molecule has 9 aliphatic rings. The van der Waals surface area contributed by atoms with Crippen LogP contribution in [0.25, 0.3) is 11.1 Å². The topological polar surface area (TPSA) is 461 Å². The summed E-state index contributed by atoms with van der Waals surface area (Å²) in [5.41, 5.74) is -1.97. The number of rotatable bonds is 14. The largest absolute Gasteiger partial charge is 0.508 e. The Balaban J connectivity index is 0.949. The predicted octanol–water partition coefficient (Wildman–Crippen LogP) is 6.67. The second-order valence-electron chi connectivity index (χ2n) is 30.2. The first kappa shape index (κ1) is 78.2. The molecule has 11 amide bonds. The summed E-state index contributed by atoms with van der Waals surface area (Å²) in [7, 11) is 1.50. The number of halogens is 1. The highest BCUT2D eigenvalue weighted by atomic mass is 35.5. The van der Waals surface area contributed by atoms with Crippen LogP contribution in [0, 0.1) is 36.5 Å². The normalized spacial score (nSPS) is 24.4. The van der Waals surface area contributed by atoms with E-state index in [0.717, 1.165) is 62.4 Å². The highest BCUT2D eigenvalue weighted by Gasteiger charge is 2.50. The minimum atomic E-state index is -2.24. The first-order valence-electron chi connectivity index (χ1n) is 36.2. The van der Waals surface area contributed by atoms with Crippen molar-refractivity contribution >= 4 is 76.7 Å². The molecule has 5 heterocycles. The van der Waals surface area contributed by atoms with E-state index in [2.05, 4.69) is 58.5 Å². The number of likely N-dealkylation sites (N-methyl/N-ethyl adjacent to an activating group) is 1. The van der Waals surface area contributed by atoms with E-state index in [9.17, 15) is 49.8 Å². The summed E-state index contributed by atoms with van der Waals surface area (Å²) in [5.74, 6) is -11.9. The molecule has 17 N–H and O–H groups in total. The van der Waals surface area contributed by atoms with Gasteiger partial charge in [-0.05, 0) is 215 Å². The minimum absolute atomic E-state index is 0.00967. The van der Waals surface area contributed by atoms with Gasteiger partial charge in [-0.15, -0.1) is 0 Å². The van der Waals surface area contributed by atoms with Crippen molar-refractivity contribution in [3.63, 3.8) is 0 Å². The maximum absolute atomic E-state index is 16.1. The maximum Gasteiger partial charge on any atom is 0.407 e. The van der Waals surface area contributed by atoms with Crippen LogP contribution in [-0.4, -0.2) is 146 Å². The first-order chi connectivity index (χ1) is 52.2. The average Bonchev–Trinajstić information content (AvgIpc) is 0.758. The van der Waals surface area contributed by atoms with Crippen LogP contribution in [0.15, 0.2) is 103 Å². The number of hydrogen-bond donors (Lipinski definition) is 17. The molecular formula is C78H88ClN11O20. The third-order valence-corrected chi connectivity index (χ3v) is 20.8. The van der Waals surface area contributed by atoms with E-state index in [1.54, 1.807) is 27.7 Å². The van der Waals surface area contributed by atoms with Crippen LogP contribution in [0.3, 0.4) is 0 Å². The van der Waals surface area contributed by atoms with E-state index >= 15 is 28.8 Å². The van der Waals surface area contributed by atoms with Crippen molar-refractivity contribution in [3.05, 3.63) is 142 Å². The van der Waals surface area contributed by atoms with E-state index in [-0.39, 0.29) is 110 Å². The number of anilines is 1. The average molecular weight is 1540 g/mol. The lowest BCUT2D eigenvalue weighted by Crippen LogP contribution is -2.59. The molecule has 110 heavy (non-hydrogen) atoms. The van der Waals surface area contributed by atoms with Crippen LogP contribution in [0.1, 0.15) is 143 Å². The number of benzene rings is 6. The van der Waals surface area contributed by atoms with Gasteiger partial charge in [0, 0.05) is 28.9 Å². The predicted molar refractivity (Wildman–Crippen MR) is 395 cm³/mol. The Kier molecular flexibility index (Phi) is 23.0. The number of phenolic OH excluding ortho intramolecular Hbond substituents is 4. The number of aromatic hydroxyl groups is 4. The zero-order chi connectivity index (χ0) is 78.9. The van der Waals surface area contributed by atoms with Gasteiger partial charge in [-0.3, -0.25) is 43.7 Å². The number of urea groups is 1. The van der Waals surface area contributed by atoms with Crippen molar-refractivity contribution in [2.75, 3.05) is 25.5 Å². The summed E-state index contributed by atoms with van der Waals surface area (Å²) in [5, 5.41) is 101. The lowest BCUT2D eigenvalue weighted by atomic mass is 9.54. The zero-order valence-corrected chi connectivity index (χ0v) is 61.9. The molecule has 0 radical (unpaired) electrons. The maximum atomic E-state index is 16.1. The van der Waals surface area contributed by atoms with Crippen molar-refractivity contribution in [2.24, 2.45) is 29.6 Å². The van der Waals surface area contributed by atoms with Gasteiger partial charge in [-0.2, -0.15) is 0 Å². The van der Waals surface area contributed by atoms with E-state index in [1.807, 2.05) is 13.8 Å². The zero-order valence-electron chi connectivity index (χ0n) is 61.1. The summed E-state index contributed by atoms with van der Waals surface area (Å²) >= 11 is 7.00. The molecule has 6 aromatic rings. The highest BCUT2D eigenvalue weighted by Crippen LogP contribution is 2.54. The fourth-order valence-electron chi connectivity index (χ4n) is 15.5. The molecule has 6 aromatic carbocycles. The molecule has 15 rings (SSSR count). The summed E-state index contributed by atoms with van der Waals surface area (Å²) in [6.45, 7) is 10.5. The van der Waals surface area contributed by atoms with Gasteiger partial charge >= 0.3 is 12.1 Å². The number of aliphatic hydroxyl groups is 2. The molecule has 32 heteroatoms. The number of aryl methyl sites for hydroxylation is 1. The lowest BCUT2D eigenvalue weighted by Gasteiger charge is -2.54. The molecule has 0 spiro atoms. The Morgan fingerprint density at radius 1 is 0.645 bits per heavy atom. The Bertz CT molecular complexity index is 4600. The van der Waals surface area contributed by atoms with Gasteiger partial charge < -0.3 is 103 Å². The number of phenols is 4. The third kappa shape index (κ3) is 17.7. The van der Waals surface area contributed by atoms with Crippen molar-refractivity contribution < 1.29 is 97.5 Å². The molecule has 4 aliphatic carbocycles. The molecule has 0 aromatic heterocycles. The smallest absolute Gasteiger partial charge is 0.407 e. The summed E-state index contributed by atoms with van der Waals surface area (Å²) < 4.78 is 23.7. The second kappa shape index (κ2) is 32.4. The number of ether oxygens (including phenoxy) is 4. The number of aliphatic hydroxyl groups excluding tert-OH is 2. The van der Waals surface area contributed by atoms with Crippen molar-refractivity contribution in [1.29, 1.82) is 0 Å².